The van der Waals surface area contributed by atoms with Crippen LogP contribution in [0.1, 0.15) is 30.5 Å². The average molecular weight is 610 g/mol. The molecule has 1 aliphatic heterocycles. The molecule has 0 atom stereocenters. The summed E-state index contributed by atoms with van der Waals surface area (Å²) < 4.78 is 4.07. The lowest BCUT2D eigenvalue weighted by Crippen LogP contribution is -2.31. The van der Waals surface area contributed by atoms with E-state index in [0.29, 0.717) is 16.3 Å². The van der Waals surface area contributed by atoms with Crippen LogP contribution in [0.4, 0.5) is 17.1 Å². The van der Waals surface area contributed by atoms with Gasteiger partial charge in [0.2, 0.25) is 0 Å². The normalized spacial score (nSPS) is 13.6. The Morgan fingerprint density at radius 3 is 2.26 bits per heavy atom. The largest absolute Gasteiger partial charge is 0.309 e. The van der Waals surface area contributed by atoms with Gasteiger partial charge in [0.25, 0.3) is 0 Å². The molecule has 1 aliphatic rings. The number of hydrogen-bond donors (Lipinski definition) is 0. The minimum atomic E-state index is -0.291. The van der Waals surface area contributed by atoms with E-state index in [1.807, 2.05) is 24.3 Å². The van der Waals surface area contributed by atoms with Gasteiger partial charge in [0.15, 0.2) is 5.43 Å². The predicted molar refractivity (Wildman–Crippen MR) is 191 cm³/mol. The Hall–Kier alpha value is -5.70. The summed E-state index contributed by atoms with van der Waals surface area (Å²) in [4.78, 5) is 16.8. The SMILES string of the molecule is CC1(C)c2ccccc2N(c2cccc3sc4cc(C#N)ccc4c(=O)c23)c2c1ccc1c2c2ccccc2n1-c1ccccc1. The van der Waals surface area contributed by atoms with Crippen molar-refractivity contribution in [2.24, 2.45) is 0 Å². The first-order valence-corrected chi connectivity index (χ1v) is 16.2. The van der Waals surface area contributed by atoms with Gasteiger partial charge in [-0.25, -0.2) is 0 Å². The van der Waals surface area contributed by atoms with Crippen molar-refractivity contribution in [3.05, 3.63) is 154 Å². The standard InChI is InChI=1S/C41H27N3OS/c1-41(2)29-14-7-9-16-32(29)44(33-17-10-18-35-38(33)40(45)28-20-19-25(24-42)23-36(28)46-35)39-30(41)21-22-34-37(39)27-13-6-8-15-31(27)43(34)26-11-4-3-5-12-26/h3-23H,1-2H3. The minimum Gasteiger partial charge on any atom is -0.309 e. The van der Waals surface area contributed by atoms with Crippen molar-refractivity contribution in [3.63, 3.8) is 0 Å². The third-order valence-electron chi connectivity index (χ3n) is 9.59. The maximum absolute atomic E-state index is 14.5. The smallest absolute Gasteiger partial charge is 0.197 e. The monoisotopic (exact) mass is 609 g/mol. The van der Waals surface area contributed by atoms with E-state index in [1.165, 1.54) is 16.5 Å². The molecule has 0 fully saturated rings. The topological polar surface area (TPSA) is 49.0 Å². The molecule has 0 saturated heterocycles. The number of benzene rings is 6. The second-order valence-electron chi connectivity index (χ2n) is 12.4. The highest BCUT2D eigenvalue weighted by molar-refractivity contribution is 7.24. The molecular formula is C41H27N3OS. The molecule has 0 aliphatic carbocycles. The van der Waals surface area contributed by atoms with Crippen LogP contribution in [0, 0.1) is 11.3 Å². The number of para-hydroxylation sites is 3. The lowest BCUT2D eigenvalue weighted by molar-refractivity contribution is 0.633. The summed E-state index contributed by atoms with van der Waals surface area (Å²) in [6.45, 7) is 4.60. The summed E-state index contributed by atoms with van der Waals surface area (Å²) in [6, 6.07) is 46.0. The van der Waals surface area contributed by atoms with Gasteiger partial charge in [-0.15, -0.1) is 11.3 Å². The van der Waals surface area contributed by atoms with Crippen LogP contribution in [0.3, 0.4) is 0 Å². The molecule has 2 aromatic heterocycles. The van der Waals surface area contributed by atoms with Crippen molar-refractivity contribution in [2.45, 2.75) is 19.3 Å². The van der Waals surface area contributed by atoms with E-state index in [2.05, 4.69) is 120 Å². The lowest BCUT2D eigenvalue weighted by atomic mass is 9.73. The fraction of sp³-hybridized carbons (Fsp3) is 0.0732. The average Bonchev–Trinajstić information content (AvgIpc) is 3.43. The maximum atomic E-state index is 14.5. The van der Waals surface area contributed by atoms with Crippen LogP contribution < -0.4 is 10.3 Å². The van der Waals surface area contributed by atoms with Crippen LogP contribution in [-0.2, 0) is 5.41 Å². The van der Waals surface area contributed by atoms with Gasteiger partial charge in [-0.2, -0.15) is 5.26 Å². The van der Waals surface area contributed by atoms with E-state index in [0.717, 1.165) is 48.6 Å². The third-order valence-corrected chi connectivity index (χ3v) is 10.7. The Morgan fingerprint density at radius 1 is 0.652 bits per heavy atom. The number of anilines is 3. The zero-order chi connectivity index (χ0) is 31.2. The molecule has 0 radical (unpaired) electrons. The Kier molecular flexibility index (Phi) is 5.60. The molecule has 218 valence electrons. The zero-order valence-corrected chi connectivity index (χ0v) is 26.1. The van der Waals surface area contributed by atoms with Crippen LogP contribution in [0.5, 0.6) is 0 Å². The molecular weight excluding hydrogens is 583 g/mol. The quantitative estimate of drug-likeness (QED) is 0.183. The highest BCUT2D eigenvalue weighted by Crippen LogP contribution is 2.56. The first-order valence-electron chi connectivity index (χ1n) is 15.4. The molecule has 0 unspecified atom stereocenters. The van der Waals surface area contributed by atoms with E-state index < -0.39 is 0 Å². The number of nitrogens with zero attached hydrogens (tertiary/aromatic N) is 3. The van der Waals surface area contributed by atoms with Crippen LogP contribution in [0.2, 0.25) is 0 Å². The van der Waals surface area contributed by atoms with Crippen LogP contribution in [0.15, 0.2) is 132 Å². The summed E-state index contributed by atoms with van der Waals surface area (Å²) >= 11 is 1.56. The predicted octanol–water partition coefficient (Wildman–Crippen LogP) is 10.5. The number of rotatable bonds is 2. The second kappa shape index (κ2) is 9.65. The molecule has 5 heteroatoms. The molecule has 3 heterocycles. The summed E-state index contributed by atoms with van der Waals surface area (Å²) in [5.41, 5.74) is 9.05. The molecule has 6 aromatic carbocycles. The van der Waals surface area contributed by atoms with Crippen molar-refractivity contribution >= 4 is 70.4 Å². The highest BCUT2D eigenvalue weighted by Gasteiger charge is 2.39. The fourth-order valence-electron chi connectivity index (χ4n) is 7.48. The van der Waals surface area contributed by atoms with E-state index in [9.17, 15) is 10.1 Å². The van der Waals surface area contributed by atoms with Gasteiger partial charge >= 0.3 is 0 Å². The Bertz CT molecular complexity index is 2660. The lowest BCUT2D eigenvalue weighted by Gasteiger charge is -2.42. The van der Waals surface area contributed by atoms with Gasteiger partial charge in [-0.3, -0.25) is 4.79 Å². The van der Waals surface area contributed by atoms with Crippen LogP contribution >= 0.6 is 11.3 Å². The van der Waals surface area contributed by atoms with Crippen molar-refractivity contribution in [3.8, 4) is 11.8 Å². The molecule has 46 heavy (non-hydrogen) atoms. The summed E-state index contributed by atoms with van der Waals surface area (Å²) in [5, 5.41) is 13.2. The number of fused-ring (bicyclic) bond motifs is 8. The van der Waals surface area contributed by atoms with Gasteiger partial charge in [-0.1, -0.05) is 80.6 Å². The number of hydrogen-bond acceptors (Lipinski definition) is 4. The molecule has 0 N–H and O–H groups in total. The first-order chi connectivity index (χ1) is 22.5. The minimum absolute atomic E-state index is 0.0217. The molecule has 4 nitrogen and oxygen atoms in total. The molecule has 0 bridgehead atoms. The molecule has 9 rings (SSSR count). The Labute approximate surface area is 269 Å². The van der Waals surface area contributed by atoms with E-state index in [4.69, 9.17) is 0 Å². The molecule has 0 saturated carbocycles. The summed E-state index contributed by atoms with van der Waals surface area (Å²) in [6.07, 6.45) is 0. The molecule has 0 amide bonds. The third kappa shape index (κ3) is 3.56. The van der Waals surface area contributed by atoms with Crippen molar-refractivity contribution < 1.29 is 0 Å². The van der Waals surface area contributed by atoms with Gasteiger partial charge < -0.3 is 9.47 Å². The van der Waals surface area contributed by atoms with Gasteiger partial charge in [-0.05, 0) is 71.8 Å². The Morgan fingerprint density at radius 2 is 1.41 bits per heavy atom. The first kappa shape index (κ1) is 26.7. The van der Waals surface area contributed by atoms with Crippen LogP contribution in [0.25, 0.3) is 47.7 Å². The summed E-state index contributed by atoms with van der Waals surface area (Å²) in [7, 11) is 0. The highest BCUT2D eigenvalue weighted by atomic mass is 32.1. The molecule has 8 aromatic rings. The zero-order valence-electron chi connectivity index (χ0n) is 25.3. The van der Waals surface area contributed by atoms with Gasteiger partial charge in [0.1, 0.15) is 0 Å². The van der Waals surface area contributed by atoms with Crippen molar-refractivity contribution in [1.82, 2.24) is 4.57 Å². The Balaban J connectivity index is 1.46. The maximum Gasteiger partial charge on any atom is 0.197 e. The number of aromatic nitrogens is 1. The van der Waals surface area contributed by atoms with E-state index >= 15 is 0 Å². The number of nitriles is 1. The van der Waals surface area contributed by atoms with Crippen molar-refractivity contribution in [2.75, 3.05) is 4.90 Å². The van der Waals surface area contributed by atoms with E-state index in [-0.39, 0.29) is 10.8 Å². The fourth-order valence-corrected chi connectivity index (χ4v) is 8.62. The van der Waals surface area contributed by atoms with Crippen molar-refractivity contribution in [1.29, 1.82) is 5.26 Å². The second-order valence-corrected chi connectivity index (χ2v) is 13.5. The van der Waals surface area contributed by atoms with Gasteiger partial charge in [0, 0.05) is 36.7 Å². The van der Waals surface area contributed by atoms with Crippen LogP contribution in [-0.4, -0.2) is 4.57 Å². The van der Waals surface area contributed by atoms with E-state index in [1.54, 1.807) is 23.5 Å². The summed E-state index contributed by atoms with van der Waals surface area (Å²) in [5.74, 6) is 0. The molecule has 0 spiro atoms. The van der Waals surface area contributed by atoms with Gasteiger partial charge in [0.05, 0.1) is 45.1 Å².